The van der Waals surface area contributed by atoms with Crippen LogP contribution in [0.2, 0.25) is 0 Å². The van der Waals surface area contributed by atoms with E-state index in [0.29, 0.717) is 26.7 Å². The first-order valence-electron chi connectivity index (χ1n) is 4.42. The summed E-state index contributed by atoms with van der Waals surface area (Å²) in [6.45, 7) is 2.60. The van der Waals surface area contributed by atoms with Crippen molar-refractivity contribution in [1.29, 1.82) is 0 Å². The largest absolute Gasteiger partial charge is 0.359 e. The van der Waals surface area contributed by atoms with Gasteiger partial charge >= 0.3 is 0 Å². The van der Waals surface area contributed by atoms with Crippen LogP contribution in [0.25, 0.3) is 0 Å². The Morgan fingerprint density at radius 3 is 2.15 bits per heavy atom. The van der Waals surface area contributed by atoms with Crippen molar-refractivity contribution in [2.75, 3.05) is 31.6 Å². The molecule has 1 aliphatic heterocycles. The number of para-hydroxylation sites is 1. The van der Waals surface area contributed by atoms with Crippen LogP contribution >= 0.6 is 0 Å². The number of hydrogen-bond acceptors (Lipinski definition) is 3. The van der Waals surface area contributed by atoms with Crippen molar-refractivity contribution >= 4 is 5.69 Å². The standard InChI is InChI=1S/C10H13NO2/c1-2-4-10(5-3-1)11-8-12-6-7-13-9-11/h1-5H,6-9H2. The third-order valence-electron chi connectivity index (χ3n) is 1.99. The molecule has 0 amide bonds. The van der Waals surface area contributed by atoms with Crippen molar-refractivity contribution in [2.24, 2.45) is 0 Å². The molecule has 0 atom stereocenters. The van der Waals surface area contributed by atoms with Gasteiger partial charge in [0.2, 0.25) is 0 Å². The second-order valence-electron chi connectivity index (χ2n) is 2.95. The van der Waals surface area contributed by atoms with Crippen LogP contribution < -0.4 is 4.90 Å². The number of hydrogen-bond donors (Lipinski definition) is 0. The van der Waals surface area contributed by atoms with E-state index in [4.69, 9.17) is 9.47 Å². The first-order chi connectivity index (χ1) is 6.47. The highest BCUT2D eigenvalue weighted by Crippen LogP contribution is 2.13. The Bertz CT molecular complexity index is 242. The van der Waals surface area contributed by atoms with Crippen LogP contribution in [-0.2, 0) is 9.47 Å². The van der Waals surface area contributed by atoms with E-state index in [0.717, 1.165) is 5.69 Å². The molecule has 2 rings (SSSR count). The molecule has 1 aliphatic rings. The normalized spacial score (nSPS) is 18.3. The van der Waals surface area contributed by atoms with Gasteiger partial charge in [0.25, 0.3) is 0 Å². The summed E-state index contributed by atoms with van der Waals surface area (Å²) in [4.78, 5) is 2.06. The molecule has 0 radical (unpaired) electrons. The lowest BCUT2D eigenvalue weighted by Crippen LogP contribution is -2.25. The Morgan fingerprint density at radius 2 is 1.54 bits per heavy atom. The monoisotopic (exact) mass is 179 g/mol. The SMILES string of the molecule is c1ccc(N2COCCOC2)cc1. The minimum absolute atomic E-state index is 0.615. The number of nitrogens with zero attached hydrogens (tertiary/aromatic N) is 1. The maximum Gasteiger partial charge on any atom is 0.121 e. The van der Waals surface area contributed by atoms with E-state index in [1.807, 2.05) is 18.2 Å². The summed E-state index contributed by atoms with van der Waals surface area (Å²) in [5, 5.41) is 0. The van der Waals surface area contributed by atoms with Gasteiger partial charge in [-0.05, 0) is 12.1 Å². The predicted molar refractivity (Wildman–Crippen MR) is 50.6 cm³/mol. The molecule has 0 N–H and O–H groups in total. The number of ether oxygens (including phenoxy) is 2. The quantitative estimate of drug-likeness (QED) is 0.651. The molecule has 0 aromatic heterocycles. The van der Waals surface area contributed by atoms with Gasteiger partial charge < -0.3 is 14.4 Å². The van der Waals surface area contributed by atoms with Crippen molar-refractivity contribution in [1.82, 2.24) is 0 Å². The number of rotatable bonds is 1. The smallest absolute Gasteiger partial charge is 0.121 e. The average molecular weight is 179 g/mol. The van der Waals surface area contributed by atoms with E-state index in [1.165, 1.54) is 0 Å². The fourth-order valence-corrected chi connectivity index (χ4v) is 1.29. The summed E-state index contributed by atoms with van der Waals surface area (Å²) in [6.07, 6.45) is 0. The molecule has 13 heavy (non-hydrogen) atoms. The molecule has 0 aliphatic carbocycles. The average Bonchev–Trinajstić information content (AvgIpc) is 2.47. The Kier molecular flexibility index (Phi) is 2.79. The Morgan fingerprint density at radius 1 is 0.923 bits per heavy atom. The lowest BCUT2D eigenvalue weighted by atomic mass is 10.3. The van der Waals surface area contributed by atoms with Gasteiger partial charge in [0, 0.05) is 5.69 Å². The molecule has 1 saturated heterocycles. The summed E-state index contributed by atoms with van der Waals surface area (Å²) in [7, 11) is 0. The summed E-state index contributed by atoms with van der Waals surface area (Å²) in [5.74, 6) is 0. The zero-order valence-electron chi connectivity index (χ0n) is 7.48. The maximum atomic E-state index is 5.36. The second-order valence-corrected chi connectivity index (χ2v) is 2.95. The minimum atomic E-state index is 0.615. The van der Waals surface area contributed by atoms with Gasteiger partial charge in [-0.3, -0.25) is 0 Å². The Labute approximate surface area is 77.9 Å². The highest BCUT2D eigenvalue weighted by molar-refractivity contribution is 5.45. The van der Waals surface area contributed by atoms with E-state index in [-0.39, 0.29) is 0 Å². The fraction of sp³-hybridized carbons (Fsp3) is 0.400. The van der Waals surface area contributed by atoms with Gasteiger partial charge in [-0.1, -0.05) is 18.2 Å². The molecule has 3 nitrogen and oxygen atoms in total. The molecule has 1 aromatic rings. The van der Waals surface area contributed by atoms with E-state index >= 15 is 0 Å². The van der Waals surface area contributed by atoms with Crippen LogP contribution in [0, 0.1) is 0 Å². The van der Waals surface area contributed by atoms with Crippen molar-refractivity contribution in [3.05, 3.63) is 30.3 Å². The van der Waals surface area contributed by atoms with Gasteiger partial charge in [-0.15, -0.1) is 0 Å². The Balaban J connectivity index is 2.06. The van der Waals surface area contributed by atoms with E-state index < -0.39 is 0 Å². The number of anilines is 1. The summed E-state index contributed by atoms with van der Waals surface area (Å²) in [5.41, 5.74) is 1.14. The lowest BCUT2D eigenvalue weighted by molar-refractivity contribution is 0.103. The third kappa shape index (κ3) is 2.20. The molecular weight excluding hydrogens is 166 g/mol. The minimum Gasteiger partial charge on any atom is -0.359 e. The molecule has 0 saturated carbocycles. The number of benzene rings is 1. The zero-order valence-corrected chi connectivity index (χ0v) is 7.48. The van der Waals surface area contributed by atoms with E-state index in [2.05, 4.69) is 17.0 Å². The molecule has 1 aromatic carbocycles. The van der Waals surface area contributed by atoms with Crippen LogP contribution in [-0.4, -0.2) is 26.7 Å². The molecule has 1 heterocycles. The van der Waals surface area contributed by atoms with Crippen LogP contribution in [0.1, 0.15) is 0 Å². The van der Waals surface area contributed by atoms with Gasteiger partial charge in [-0.25, -0.2) is 0 Å². The van der Waals surface area contributed by atoms with Crippen LogP contribution in [0.4, 0.5) is 5.69 Å². The van der Waals surface area contributed by atoms with Crippen LogP contribution in [0.5, 0.6) is 0 Å². The molecular formula is C10H13NO2. The van der Waals surface area contributed by atoms with Gasteiger partial charge in [-0.2, -0.15) is 0 Å². The van der Waals surface area contributed by atoms with E-state index in [9.17, 15) is 0 Å². The molecule has 0 unspecified atom stereocenters. The first kappa shape index (κ1) is 8.53. The summed E-state index contributed by atoms with van der Waals surface area (Å²) >= 11 is 0. The molecule has 3 heteroatoms. The highest BCUT2D eigenvalue weighted by atomic mass is 16.6. The van der Waals surface area contributed by atoms with Crippen molar-refractivity contribution in [3.63, 3.8) is 0 Å². The molecule has 0 spiro atoms. The third-order valence-corrected chi connectivity index (χ3v) is 1.99. The second kappa shape index (κ2) is 4.25. The molecule has 1 fully saturated rings. The summed E-state index contributed by atoms with van der Waals surface area (Å²) in [6, 6.07) is 10.1. The van der Waals surface area contributed by atoms with Crippen molar-refractivity contribution in [2.45, 2.75) is 0 Å². The molecule has 0 bridgehead atoms. The van der Waals surface area contributed by atoms with Crippen LogP contribution in [0.15, 0.2) is 30.3 Å². The van der Waals surface area contributed by atoms with Gasteiger partial charge in [0.05, 0.1) is 13.2 Å². The fourth-order valence-electron chi connectivity index (χ4n) is 1.29. The lowest BCUT2D eigenvalue weighted by Gasteiger charge is -2.20. The highest BCUT2D eigenvalue weighted by Gasteiger charge is 2.08. The molecule has 70 valence electrons. The van der Waals surface area contributed by atoms with Crippen LogP contribution in [0.3, 0.4) is 0 Å². The maximum absolute atomic E-state index is 5.36. The van der Waals surface area contributed by atoms with Gasteiger partial charge in [0.15, 0.2) is 0 Å². The Hall–Kier alpha value is -1.06. The van der Waals surface area contributed by atoms with Crippen molar-refractivity contribution < 1.29 is 9.47 Å². The topological polar surface area (TPSA) is 21.7 Å². The summed E-state index contributed by atoms with van der Waals surface area (Å²) < 4.78 is 10.7. The zero-order chi connectivity index (χ0) is 8.93. The predicted octanol–water partition coefficient (Wildman–Crippen LogP) is 1.45. The first-order valence-corrected chi connectivity index (χ1v) is 4.42. The van der Waals surface area contributed by atoms with E-state index in [1.54, 1.807) is 0 Å². The van der Waals surface area contributed by atoms with Gasteiger partial charge in [0.1, 0.15) is 13.5 Å². The van der Waals surface area contributed by atoms with Crippen molar-refractivity contribution in [3.8, 4) is 0 Å².